The van der Waals surface area contributed by atoms with E-state index in [2.05, 4.69) is 5.32 Å². The maximum Gasteiger partial charge on any atom is 0.159 e. The fraction of sp³-hybridized carbons (Fsp3) is 0.571. The Bertz CT molecular complexity index is 530. The lowest BCUT2D eigenvalue weighted by molar-refractivity contribution is 0.410. The molecule has 0 spiro atoms. The second-order valence-electron chi connectivity index (χ2n) is 5.55. The molecule has 0 amide bonds. The molecule has 0 saturated carbocycles. The van der Waals surface area contributed by atoms with Crippen molar-refractivity contribution in [3.63, 3.8) is 0 Å². The Morgan fingerprint density at radius 3 is 2.37 bits per heavy atom. The molecular weight excluding hydrogens is 262 g/mol. The van der Waals surface area contributed by atoms with Crippen molar-refractivity contribution in [2.45, 2.75) is 37.8 Å². The van der Waals surface area contributed by atoms with E-state index in [-0.39, 0.29) is 5.75 Å². The lowest BCUT2D eigenvalue weighted by Gasteiger charge is -2.20. The number of rotatable bonds is 5. The summed E-state index contributed by atoms with van der Waals surface area (Å²) in [4.78, 5) is 0. The van der Waals surface area contributed by atoms with Crippen LogP contribution in [0.15, 0.2) is 18.2 Å². The summed E-state index contributed by atoms with van der Waals surface area (Å²) >= 11 is 0. The van der Waals surface area contributed by atoms with E-state index in [1.165, 1.54) is 0 Å². The molecule has 19 heavy (non-hydrogen) atoms. The minimum atomic E-state index is -3.22. The summed E-state index contributed by atoms with van der Waals surface area (Å²) in [6.45, 7) is 5.84. The van der Waals surface area contributed by atoms with Crippen LogP contribution in [-0.2, 0) is 22.1 Å². The Morgan fingerprint density at radius 2 is 1.89 bits per heavy atom. The van der Waals surface area contributed by atoms with Crippen LogP contribution in [0.5, 0.6) is 5.75 Å². The van der Waals surface area contributed by atoms with Crippen LogP contribution in [0.3, 0.4) is 0 Å². The molecule has 1 aromatic carbocycles. The average Bonchev–Trinajstić information content (AvgIpc) is 2.28. The van der Waals surface area contributed by atoms with Gasteiger partial charge in [0.15, 0.2) is 9.84 Å². The first kappa shape index (κ1) is 16.0. The number of sulfone groups is 1. The number of hydrogen-bond acceptors (Lipinski definition) is 4. The molecule has 1 N–H and O–H groups in total. The average molecular weight is 285 g/mol. The van der Waals surface area contributed by atoms with Gasteiger partial charge in [-0.2, -0.15) is 0 Å². The van der Waals surface area contributed by atoms with Crippen LogP contribution in [0.1, 0.15) is 31.9 Å². The molecule has 0 atom stereocenters. The molecule has 0 aliphatic heterocycles. The Hall–Kier alpha value is -1.07. The number of hydrogen-bond donors (Lipinski definition) is 1. The van der Waals surface area contributed by atoms with Gasteiger partial charge in [0.25, 0.3) is 0 Å². The van der Waals surface area contributed by atoms with Gasteiger partial charge in [0.05, 0.1) is 17.6 Å². The van der Waals surface area contributed by atoms with Gasteiger partial charge < -0.3 is 10.1 Å². The summed E-state index contributed by atoms with van der Waals surface area (Å²) in [5.74, 6) is 0.615. The van der Waals surface area contributed by atoms with Crippen molar-refractivity contribution in [2.24, 2.45) is 0 Å². The van der Waals surface area contributed by atoms with Gasteiger partial charge in [-0.15, -0.1) is 0 Å². The summed E-state index contributed by atoms with van der Waals surface area (Å²) in [6, 6.07) is 5.64. The first-order valence-electron chi connectivity index (χ1n) is 6.24. The van der Waals surface area contributed by atoms with Crippen LogP contribution in [0, 0.1) is 0 Å². The molecule has 0 unspecified atom stereocenters. The van der Waals surface area contributed by atoms with E-state index < -0.39 is 14.6 Å². The van der Waals surface area contributed by atoms with Gasteiger partial charge in [-0.1, -0.05) is 6.07 Å². The maximum absolute atomic E-state index is 12.3. The second-order valence-corrected chi connectivity index (χ2v) is 8.29. The zero-order valence-electron chi connectivity index (χ0n) is 12.3. The van der Waals surface area contributed by atoms with Gasteiger partial charge in [-0.25, -0.2) is 8.42 Å². The molecule has 1 rings (SSSR count). The Kier molecular flexibility index (Phi) is 4.98. The predicted molar refractivity (Wildman–Crippen MR) is 78.1 cm³/mol. The Morgan fingerprint density at radius 1 is 1.26 bits per heavy atom. The van der Waals surface area contributed by atoms with Gasteiger partial charge in [-0.05, 0) is 45.5 Å². The van der Waals surface area contributed by atoms with Crippen molar-refractivity contribution >= 4 is 9.84 Å². The number of nitrogens with one attached hydrogen (secondary N) is 1. The highest BCUT2D eigenvalue weighted by atomic mass is 32.2. The SMILES string of the molecule is CNCc1ccc(OC)c(CS(=O)(=O)C(C)(C)C)c1. The zero-order chi connectivity index (χ0) is 14.7. The minimum absolute atomic E-state index is 0.00275. The highest BCUT2D eigenvalue weighted by Gasteiger charge is 2.30. The molecule has 0 aliphatic rings. The van der Waals surface area contributed by atoms with E-state index in [0.29, 0.717) is 17.9 Å². The van der Waals surface area contributed by atoms with Crippen LogP contribution in [0.4, 0.5) is 0 Å². The third kappa shape index (κ3) is 3.94. The Balaban J connectivity index is 3.15. The quantitative estimate of drug-likeness (QED) is 0.900. The van der Waals surface area contributed by atoms with Crippen LogP contribution < -0.4 is 10.1 Å². The van der Waals surface area contributed by atoms with Crippen LogP contribution in [-0.4, -0.2) is 27.3 Å². The van der Waals surface area contributed by atoms with Crippen molar-refractivity contribution in [3.05, 3.63) is 29.3 Å². The van der Waals surface area contributed by atoms with Crippen molar-refractivity contribution < 1.29 is 13.2 Å². The second kappa shape index (κ2) is 5.92. The van der Waals surface area contributed by atoms with Crippen molar-refractivity contribution in [1.82, 2.24) is 5.32 Å². The molecule has 0 saturated heterocycles. The lowest BCUT2D eigenvalue weighted by atomic mass is 10.1. The fourth-order valence-corrected chi connectivity index (χ4v) is 2.75. The zero-order valence-corrected chi connectivity index (χ0v) is 13.1. The first-order chi connectivity index (χ1) is 8.71. The summed E-state index contributed by atoms with van der Waals surface area (Å²) in [6.07, 6.45) is 0. The number of methoxy groups -OCH3 is 1. The third-order valence-electron chi connectivity index (χ3n) is 3.00. The monoisotopic (exact) mass is 285 g/mol. The van der Waals surface area contributed by atoms with E-state index in [4.69, 9.17) is 4.74 Å². The molecule has 0 bridgehead atoms. The smallest absolute Gasteiger partial charge is 0.159 e. The summed E-state index contributed by atoms with van der Waals surface area (Å²) < 4.78 is 29.1. The molecule has 4 nitrogen and oxygen atoms in total. The van der Waals surface area contributed by atoms with Crippen LogP contribution in [0.25, 0.3) is 0 Å². The van der Waals surface area contributed by atoms with Gasteiger partial charge in [0.1, 0.15) is 5.75 Å². The number of benzene rings is 1. The molecule has 1 aromatic rings. The number of ether oxygens (including phenoxy) is 1. The minimum Gasteiger partial charge on any atom is -0.496 e. The lowest BCUT2D eigenvalue weighted by Crippen LogP contribution is -2.29. The standard InChI is InChI=1S/C14H23NO3S/c1-14(2,3)19(16,17)10-12-8-11(9-15-4)6-7-13(12)18-5/h6-8,15H,9-10H2,1-5H3. The molecular formula is C14H23NO3S. The van der Waals surface area contributed by atoms with Crippen molar-refractivity contribution in [3.8, 4) is 5.75 Å². The van der Waals surface area contributed by atoms with Crippen LogP contribution >= 0.6 is 0 Å². The highest BCUT2D eigenvalue weighted by Crippen LogP contribution is 2.27. The largest absolute Gasteiger partial charge is 0.496 e. The van der Waals surface area contributed by atoms with Gasteiger partial charge in [-0.3, -0.25) is 0 Å². The molecule has 5 heteroatoms. The summed E-state index contributed by atoms with van der Waals surface area (Å²) in [5, 5.41) is 3.05. The van der Waals surface area contributed by atoms with Gasteiger partial charge >= 0.3 is 0 Å². The summed E-state index contributed by atoms with van der Waals surface area (Å²) in [5.41, 5.74) is 1.76. The normalized spacial score (nSPS) is 12.5. The molecule has 0 aromatic heterocycles. The maximum atomic E-state index is 12.3. The fourth-order valence-electron chi connectivity index (χ4n) is 1.68. The molecule has 0 aliphatic carbocycles. The third-order valence-corrected chi connectivity index (χ3v) is 5.56. The molecule has 0 heterocycles. The predicted octanol–water partition coefficient (Wildman–Crippen LogP) is 2.13. The van der Waals surface area contributed by atoms with E-state index in [0.717, 1.165) is 5.56 Å². The van der Waals surface area contributed by atoms with Gasteiger partial charge in [0.2, 0.25) is 0 Å². The van der Waals surface area contributed by atoms with Crippen LogP contribution in [0.2, 0.25) is 0 Å². The highest BCUT2D eigenvalue weighted by molar-refractivity contribution is 7.91. The van der Waals surface area contributed by atoms with Crippen molar-refractivity contribution in [1.29, 1.82) is 0 Å². The molecule has 0 fully saturated rings. The van der Waals surface area contributed by atoms with E-state index in [1.807, 2.05) is 25.2 Å². The Labute approximate surface area is 116 Å². The first-order valence-corrected chi connectivity index (χ1v) is 7.89. The van der Waals surface area contributed by atoms with E-state index >= 15 is 0 Å². The summed E-state index contributed by atoms with van der Waals surface area (Å²) in [7, 11) is 0.197. The van der Waals surface area contributed by atoms with E-state index in [9.17, 15) is 8.42 Å². The topological polar surface area (TPSA) is 55.4 Å². The van der Waals surface area contributed by atoms with Crippen molar-refractivity contribution in [2.75, 3.05) is 14.2 Å². The van der Waals surface area contributed by atoms with E-state index in [1.54, 1.807) is 27.9 Å². The molecule has 0 radical (unpaired) electrons. The molecule has 108 valence electrons. The van der Waals surface area contributed by atoms with Gasteiger partial charge in [0, 0.05) is 12.1 Å².